The Morgan fingerprint density at radius 1 is 1.18 bits per heavy atom. The Bertz CT molecular complexity index is 359. The van der Waals surface area contributed by atoms with Gasteiger partial charge in [0.15, 0.2) is 0 Å². The SMILES string of the molecule is NC(c1ccccc1)=S(=O)=O. The molecule has 0 fully saturated rings. The molecule has 0 unspecified atom stereocenters. The summed E-state index contributed by atoms with van der Waals surface area (Å²) in [6.07, 6.45) is 0. The fourth-order valence-corrected chi connectivity index (χ4v) is 1.03. The van der Waals surface area contributed by atoms with Gasteiger partial charge in [-0.05, 0) is 0 Å². The quantitative estimate of drug-likeness (QED) is 0.602. The smallest absolute Gasteiger partial charge is 0.232 e. The maximum absolute atomic E-state index is 10.3. The highest BCUT2D eigenvalue weighted by Gasteiger charge is 1.95. The van der Waals surface area contributed by atoms with Gasteiger partial charge in [-0.2, -0.15) is 8.42 Å². The number of benzene rings is 1. The van der Waals surface area contributed by atoms with Gasteiger partial charge < -0.3 is 0 Å². The predicted molar refractivity (Wildman–Crippen MR) is 43.7 cm³/mol. The molecule has 58 valence electrons. The van der Waals surface area contributed by atoms with Crippen LogP contribution in [0, 0.1) is 0 Å². The van der Waals surface area contributed by atoms with Crippen LogP contribution in [0.3, 0.4) is 0 Å². The van der Waals surface area contributed by atoms with Gasteiger partial charge >= 0.3 is 0 Å². The Morgan fingerprint density at radius 2 is 1.73 bits per heavy atom. The van der Waals surface area contributed by atoms with E-state index < -0.39 is 10.3 Å². The highest BCUT2D eigenvalue weighted by molar-refractivity contribution is 7.73. The largest absolute Gasteiger partial charge is 0.289 e. The van der Waals surface area contributed by atoms with Gasteiger partial charge in [0.2, 0.25) is 10.3 Å². The minimum atomic E-state index is -2.32. The van der Waals surface area contributed by atoms with Crippen LogP contribution in [0.4, 0.5) is 0 Å². The Labute approximate surface area is 66.0 Å². The molecule has 11 heavy (non-hydrogen) atoms. The minimum Gasteiger partial charge on any atom is -0.289 e. The number of hydrogen-bond donors (Lipinski definition) is 1. The van der Waals surface area contributed by atoms with Gasteiger partial charge in [-0.3, -0.25) is 5.73 Å². The monoisotopic (exact) mass is 169 g/mol. The molecule has 1 rings (SSSR count). The van der Waals surface area contributed by atoms with E-state index in [2.05, 4.69) is 0 Å². The molecule has 0 aliphatic heterocycles. The van der Waals surface area contributed by atoms with Crippen molar-refractivity contribution in [2.24, 2.45) is 5.73 Å². The summed E-state index contributed by atoms with van der Waals surface area (Å²) in [5.74, 6) is 0. The van der Waals surface area contributed by atoms with Crippen LogP contribution < -0.4 is 5.73 Å². The predicted octanol–water partition coefficient (Wildman–Crippen LogP) is 0.00240. The summed E-state index contributed by atoms with van der Waals surface area (Å²) >= 11 is 0. The van der Waals surface area contributed by atoms with E-state index >= 15 is 0 Å². The molecular formula is C7H7NO2S. The van der Waals surface area contributed by atoms with Crippen LogP contribution in [0.2, 0.25) is 0 Å². The van der Waals surface area contributed by atoms with Crippen molar-refractivity contribution in [2.45, 2.75) is 0 Å². The van der Waals surface area contributed by atoms with Crippen molar-refractivity contribution in [1.82, 2.24) is 0 Å². The maximum Gasteiger partial charge on any atom is 0.232 e. The van der Waals surface area contributed by atoms with Crippen molar-refractivity contribution in [3.8, 4) is 0 Å². The van der Waals surface area contributed by atoms with Crippen molar-refractivity contribution in [3.05, 3.63) is 35.9 Å². The third-order valence-electron chi connectivity index (χ3n) is 1.24. The molecule has 0 aliphatic carbocycles. The summed E-state index contributed by atoms with van der Waals surface area (Å²) < 4.78 is 20.7. The third-order valence-corrected chi connectivity index (χ3v) is 1.83. The number of nitrogens with two attached hydrogens (primary N) is 1. The molecule has 3 nitrogen and oxygen atoms in total. The third kappa shape index (κ3) is 1.89. The summed E-state index contributed by atoms with van der Waals surface area (Å²) in [5.41, 5.74) is 5.77. The normalized spacial score (nSPS) is 9.18. The molecule has 0 spiro atoms. The first-order valence-corrected chi connectivity index (χ1v) is 4.06. The molecule has 0 saturated heterocycles. The molecule has 0 saturated carbocycles. The first-order valence-electron chi connectivity index (χ1n) is 2.99. The van der Waals surface area contributed by atoms with Crippen LogP contribution >= 0.6 is 0 Å². The maximum atomic E-state index is 10.3. The topological polar surface area (TPSA) is 60.2 Å². The lowest BCUT2D eigenvalue weighted by atomic mass is 10.2. The van der Waals surface area contributed by atoms with Crippen molar-refractivity contribution in [3.63, 3.8) is 0 Å². The zero-order valence-electron chi connectivity index (χ0n) is 5.69. The Hall–Kier alpha value is -1.13. The van der Waals surface area contributed by atoms with E-state index in [9.17, 15) is 8.42 Å². The lowest BCUT2D eigenvalue weighted by molar-refractivity contribution is 0.627. The molecule has 1 aromatic rings. The fourth-order valence-electron chi connectivity index (χ4n) is 0.699. The van der Waals surface area contributed by atoms with E-state index in [1.807, 2.05) is 0 Å². The Balaban J connectivity index is 3.26. The minimum absolute atomic E-state index is 0.120. The van der Waals surface area contributed by atoms with Gasteiger partial charge in [0.1, 0.15) is 4.99 Å². The van der Waals surface area contributed by atoms with Crippen LogP contribution in [0.15, 0.2) is 30.3 Å². The average Bonchev–Trinajstić information content (AvgIpc) is 2.05. The van der Waals surface area contributed by atoms with Gasteiger partial charge in [-0.15, -0.1) is 0 Å². The van der Waals surface area contributed by atoms with Crippen LogP contribution in [0.5, 0.6) is 0 Å². The summed E-state index contributed by atoms with van der Waals surface area (Å²) in [4.78, 5) is -0.120. The zero-order chi connectivity index (χ0) is 8.27. The molecule has 0 radical (unpaired) electrons. The Kier molecular flexibility index (Phi) is 2.40. The molecule has 0 atom stereocenters. The summed E-state index contributed by atoms with van der Waals surface area (Å²) in [7, 11) is -2.32. The number of hydrogen-bond acceptors (Lipinski definition) is 2. The molecule has 0 heterocycles. The molecule has 4 heteroatoms. The summed E-state index contributed by atoms with van der Waals surface area (Å²) in [6.45, 7) is 0. The van der Waals surface area contributed by atoms with E-state index in [4.69, 9.17) is 5.73 Å². The lowest BCUT2D eigenvalue weighted by Gasteiger charge is -1.92. The van der Waals surface area contributed by atoms with E-state index in [1.165, 1.54) is 0 Å². The number of rotatable bonds is 1. The van der Waals surface area contributed by atoms with Crippen molar-refractivity contribution >= 4 is 15.3 Å². The van der Waals surface area contributed by atoms with Gasteiger partial charge in [-0.1, -0.05) is 30.3 Å². The van der Waals surface area contributed by atoms with Crippen LogP contribution in [0.25, 0.3) is 0 Å². The van der Waals surface area contributed by atoms with Gasteiger partial charge in [0.05, 0.1) is 0 Å². The second-order valence-corrected chi connectivity index (χ2v) is 2.87. The summed E-state index contributed by atoms with van der Waals surface area (Å²) in [6, 6.07) is 8.55. The molecule has 0 aliphatic rings. The van der Waals surface area contributed by atoms with E-state index in [1.54, 1.807) is 30.3 Å². The van der Waals surface area contributed by atoms with Crippen molar-refractivity contribution < 1.29 is 8.42 Å². The van der Waals surface area contributed by atoms with E-state index in [0.29, 0.717) is 5.56 Å². The summed E-state index contributed by atoms with van der Waals surface area (Å²) in [5, 5.41) is 0. The molecule has 0 bridgehead atoms. The second kappa shape index (κ2) is 3.32. The van der Waals surface area contributed by atoms with E-state index in [0.717, 1.165) is 0 Å². The van der Waals surface area contributed by atoms with Crippen molar-refractivity contribution in [2.75, 3.05) is 0 Å². The molecule has 0 aromatic heterocycles. The van der Waals surface area contributed by atoms with Gasteiger partial charge in [-0.25, -0.2) is 0 Å². The lowest BCUT2D eigenvalue weighted by Crippen LogP contribution is -2.13. The van der Waals surface area contributed by atoms with Gasteiger partial charge in [0, 0.05) is 5.56 Å². The molecule has 2 N–H and O–H groups in total. The molecule has 0 amide bonds. The highest BCUT2D eigenvalue weighted by Crippen LogP contribution is 1.95. The second-order valence-electron chi connectivity index (χ2n) is 1.96. The first kappa shape index (κ1) is 7.97. The molecular weight excluding hydrogens is 162 g/mol. The zero-order valence-corrected chi connectivity index (χ0v) is 6.51. The highest BCUT2D eigenvalue weighted by atomic mass is 32.2. The van der Waals surface area contributed by atoms with Crippen molar-refractivity contribution in [1.29, 1.82) is 0 Å². The molecule has 1 aromatic carbocycles. The standard InChI is InChI=1S/C7H7NO2S/c8-7(11(9)10)6-4-2-1-3-5-6/h1-5H,8H2. The van der Waals surface area contributed by atoms with Gasteiger partial charge in [0.25, 0.3) is 0 Å². The first-order chi connectivity index (χ1) is 5.22. The van der Waals surface area contributed by atoms with E-state index in [-0.39, 0.29) is 4.99 Å². The van der Waals surface area contributed by atoms with Crippen LogP contribution in [0.1, 0.15) is 5.56 Å². The van der Waals surface area contributed by atoms with Crippen LogP contribution in [-0.2, 0) is 10.3 Å². The Morgan fingerprint density at radius 3 is 2.18 bits per heavy atom. The average molecular weight is 169 g/mol. The fraction of sp³-hybridized carbons (Fsp3) is 0. The van der Waals surface area contributed by atoms with Crippen LogP contribution in [-0.4, -0.2) is 13.4 Å².